The summed E-state index contributed by atoms with van der Waals surface area (Å²) < 4.78 is 0. The normalized spacial score (nSPS) is 41.3. The van der Waals surface area contributed by atoms with Crippen LogP contribution < -0.4 is 0 Å². The lowest BCUT2D eigenvalue weighted by molar-refractivity contribution is 0.385. The molecular formula is C7H12Br2. The third-order valence-corrected chi connectivity index (χ3v) is 4.52. The molecule has 1 rings (SSSR count). The van der Waals surface area contributed by atoms with Gasteiger partial charge in [-0.3, -0.25) is 0 Å². The van der Waals surface area contributed by atoms with Gasteiger partial charge in [0.05, 0.1) is 0 Å². The van der Waals surface area contributed by atoms with Crippen molar-refractivity contribution in [1.29, 1.82) is 0 Å². The molecule has 0 bridgehead atoms. The van der Waals surface area contributed by atoms with Gasteiger partial charge in [0.2, 0.25) is 0 Å². The highest BCUT2D eigenvalue weighted by Crippen LogP contribution is 2.43. The van der Waals surface area contributed by atoms with Crippen molar-refractivity contribution in [2.24, 2.45) is 5.41 Å². The Morgan fingerprint density at radius 2 is 1.44 bits per heavy atom. The van der Waals surface area contributed by atoms with E-state index in [4.69, 9.17) is 0 Å². The van der Waals surface area contributed by atoms with E-state index in [0.29, 0.717) is 15.1 Å². The van der Waals surface area contributed by atoms with Crippen LogP contribution in [0.15, 0.2) is 0 Å². The predicted octanol–water partition coefficient (Wildman–Crippen LogP) is 3.33. The molecule has 1 saturated carbocycles. The zero-order valence-electron chi connectivity index (χ0n) is 5.82. The largest absolute Gasteiger partial charge is 0.0878 e. The molecule has 0 heterocycles. The minimum absolute atomic E-state index is 0.544. The fourth-order valence-corrected chi connectivity index (χ4v) is 3.52. The molecule has 0 amide bonds. The van der Waals surface area contributed by atoms with Crippen LogP contribution in [-0.2, 0) is 0 Å². The van der Waals surface area contributed by atoms with Gasteiger partial charge in [0.1, 0.15) is 0 Å². The van der Waals surface area contributed by atoms with Crippen molar-refractivity contribution in [3.63, 3.8) is 0 Å². The van der Waals surface area contributed by atoms with Gasteiger partial charge in [0.15, 0.2) is 0 Å². The van der Waals surface area contributed by atoms with Crippen LogP contribution in [0.2, 0.25) is 0 Å². The summed E-state index contributed by atoms with van der Waals surface area (Å²) in [5, 5.41) is 0. The maximum Gasteiger partial charge on any atom is 0.0276 e. The highest BCUT2D eigenvalue weighted by molar-refractivity contribution is 9.12. The summed E-state index contributed by atoms with van der Waals surface area (Å²) in [7, 11) is 0. The number of hydrogen-bond acceptors (Lipinski definition) is 0. The highest BCUT2D eigenvalue weighted by atomic mass is 79.9. The van der Waals surface area contributed by atoms with Gasteiger partial charge >= 0.3 is 0 Å². The molecule has 0 spiro atoms. The SMILES string of the molecule is CC1(C)C[C@@H](Br)[C@@H](Br)C1. The molecule has 1 aliphatic rings. The standard InChI is InChI=1S/C7H12Br2/c1-7(2)3-5(8)6(9)4-7/h5-6H,3-4H2,1-2H3/t5-,6+. The second-order valence-electron chi connectivity index (χ2n) is 3.60. The van der Waals surface area contributed by atoms with Crippen LogP contribution >= 0.6 is 31.9 Å². The molecule has 0 N–H and O–H groups in total. The predicted molar refractivity (Wildman–Crippen MR) is 48.4 cm³/mol. The van der Waals surface area contributed by atoms with Gasteiger partial charge in [0.25, 0.3) is 0 Å². The number of hydrogen-bond donors (Lipinski definition) is 0. The van der Waals surface area contributed by atoms with E-state index in [2.05, 4.69) is 45.7 Å². The monoisotopic (exact) mass is 254 g/mol. The van der Waals surface area contributed by atoms with Crippen LogP contribution in [0.3, 0.4) is 0 Å². The Balaban J connectivity index is 2.54. The van der Waals surface area contributed by atoms with Crippen LogP contribution in [0.4, 0.5) is 0 Å². The van der Waals surface area contributed by atoms with Crippen molar-refractivity contribution in [1.82, 2.24) is 0 Å². The first kappa shape index (κ1) is 8.06. The average molecular weight is 256 g/mol. The van der Waals surface area contributed by atoms with Crippen LogP contribution in [-0.4, -0.2) is 9.65 Å². The first-order valence-corrected chi connectivity index (χ1v) is 5.12. The highest BCUT2D eigenvalue weighted by Gasteiger charge is 2.35. The molecular weight excluding hydrogens is 244 g/mol. The topological polar surface area (TPSA) is 0 Å². The van der Waals surface area contributed by atoms with Crippen LogP contribution in [0.5, 0.6) is 0 Å². The van der Waals surface area contributed by atoms with Gasteiger partial charge < -0.3 is 0 Å². The van der Waals surface area contributed by atoms with Crippen molar-refractivity contribution in [3.8, 4) is 0 Å². The summed E-state index contributed by atoms with van der Waals surface area (Å²) in [6, 6.07) is 0. The molecule has 9 heavy (non-hydrogen) atoms. The van der Waals surface area contributed by atoms with E-state index in [9.17, 15) is 0 Å². The molecule has 0 aromatic carbocycles. The van der Waals surface area contributed by atoms with Gasteiger partial charge in [0, 0.05) is 9.65 Å². The fraction of sp³-hybridized carbons (Fsp3) is 1.00. The van der Waals surface area contributed by atoms with Gasteiger partial charge in [-0.2, -0.15) is 0 Å². The van der Waals surface area contributed by atoms with E-state index in [1.54, 1.807) is 0 Å². The molecule has 0 radical (unpaired) electrons. The zero-order valence-corrected chi connectivity index (χ0v) is 9.00. The molecule has 1 fully saturated rings. The lowest BCUT2D eigenvalue weighted by atomic mass is 9.92. The molecule has 1 aliphatic carbocycles. The van der Waals surface area contributed by atoms with Gasteiger partial charge in [-0.25, -0.2) is 0 Å². The summed E-state index contributed by atoms with van der Waals surface area (Å²) in [4.78, 5) is 1.37. The second kappa shape index (κ2) is 2.54. The molecule has 0 aliphatic heterocycles. The van der Waals surface area contributed by atoms with E-state index in [0.717, 1.165) is 0 Å². The van der Waals surface area contributed by atoms with Crippen LogP contribution in [0, 0.1) is 5.41 Å². The molecule has 0 aromatic rings. The lowest BCUT2D eigenvalue weighted by Gasteiger charge is -2.14. The molecule has 54 valence electrons. The van der Waals surface area contributed by atoms with E-state index >= 15 is 0 Å². The third kappa shape index (κ3) is 1.94. The summed E-state index contributed by atoms with van der Waals surface area (Å²) in [6.07, 6.45) is 2.59. The summed E-state index contributed by atoms with van der Waals surface area (Å²) in [6.45, 7) is 4.64. The molecule has 2 heteroatoms. The first-order valence-electron chi connectivity index (χ1n) is 3.29. The molecule has 0 aromatic heterocycles. The maximum absolute atomic E-state index is 3.63. The van der Waals surface area contributed by atoms with E-state index in [1.807, 2.05) is 0 Å². The molecule has 0 saturated heterocycles. The number of rotatable bonds is 0. The minimum Gasteiger partial charge on any atom is -0.0878 e. The van der Waals surface area contributed by atoms with E-state index in [-0.39, 0.29) is 0 Å². The summed E-state index contributed by atoms with van der Waals surface area (Å²) >= 11 is 7.26. The first-order chi connectivity index (χ1) is 4.01. The summed E-state index contributed by atoms with van der Waals surface area (Å²) in [5.74, 6) is 0. The van der Waals surface area contributed by atoms with Crippen molar-refractivity contribution in [3.05, 3.63) is 0 Å². The van der Waals surface area contributed by atoms with Crippen molar-refractivity contribution < 1.29 is 0 Å². The molecule has 2 atom stereocenters. The Morgan fingerprint density at radius 1 is 1.11 bits per heavy atom. The van der Waals surface area contributed by atoms with Crippen molar-refractivity contribution >= 4 is 31.9 Å². The third-order valence-electron chi connectivity index (χ3n) is 1.89. The Hall–Kier alpha value is 0.960. The van der Waals surface area contributed by atoms with Crippen molar-refractivity contribution in [2.75, 3.05) is 0 Å². The molecule has 0 unspecified atom stereocenters. The van der Waals surface area contributed by atoms with Gasteiger partial charge in [-0.05, 0) is 18.3 Å². The Bertz CT molecular complexity index is 97.5. The number of alkyl halides is 2. The lowest BCUT2D eigenvalue weighted by Crippen LogP contribution is -2.04. The average Bonchev–Trinajstić information content (AvgIpc) is 1.79. The smallest absolute Gasteiger partial charge is 0.0276 e. The second-order valence-corrected chi connectivity index (χ2v) is 5.96. The Morgan fingerprint density at radius 3 is 1.56 bits per heavy atom. The van der Waals surface area contributed by atoms with Gasteiger partial charge in [-0.1, -0.05) is 45.7 Å². The van der Waals surface area contributed by atoms with E-state index in [1.165, 1.54) is 12.8 Å². The van der Waals surface area contributed by atoms with Gasteiger partial charge in [-0.15, -0.1) is 0 Å². The molecule has 0 nitrogen and oxygen atoms in total. The maximum atomic E-state index is 3.63. The Kier molecular flexibility index (Phi) is 2.27. The van der Waals surface area contributed by atoms with Crippen LogP contribution in [0.25, 0.3) is 0 Å². The van der Waals surface area contributed by atoms with Crippen molar-refractivity contribution in [2.45, 2.75) is 36.3 Å². The van der Waals surface area contributed by atoms with E-state index < -0.39 is 0 Å². The quantitative estimate of drug-likeness (QED) is 0.583. The minimum atomic E-state index is 0.544. The summed E-state index contributed by atoms with van der Waals surface area (Å²) in [5.41, 5.74) is 0.544. The zero-order chi connectivity index (χ0) is 7.07. The van der Waals surface area contributed by atoms with Crippen LogP contribution in [0.1, 0.15) is 26.7 Å². The number of halogens is 2. The Labute approximate surface area is 73.7 Å². The fourth-order valence-electron chi connectivity index (χ4n) is 1.39.